The molecule has 0 atom stereocenters. The molecule has 0 spiro atoms. The Morgan fingerprint density at radius 2 is 2.08 bits per heavy atom. The molecule has 8 heteroatoms. The molecule has 5 N–H and O–H groups in total. The zero-order valence-corrected chi connectivity index (χ0v) is 14.2. The van der Waals surface area contributed by atoms with Gasteiger partial charge in [-0.1, -0.05) is 13.8 Å². The number of nitrogen functional groups attached to an aromatic ring is 1. The van der Waals surface area contributed by atoms with Crippen LogP contribution in [0.3, 0.4) is 0 Å². The lowest BCUT2D eigenvalue weighted by Gasteiger charge is -2.18. The molecule has 0 radical (unpaired) electrons. The van der Waals surface area contributed by atoms with Gasteiger partial charge in [-0.05, 0) is 18.1 Å². The quantitative estimate of drug-likeness (QED) is 0.675. The fourth-order valence-corrected chi connectivity index (χ4v) is 2.88. The van der Waals surface area contributed by atoms with Crippen LogP contribution in [0.5, 0.6) is 0 Å². The highest BCUT2D eigenvalue weighted by Crippen LogP contribution is 2.33. The minimum atomic E-state index is -0.768. The van der Waals surface area contributed by atoms with Crippen LogP contribution < -0.4 is 16.8 Å². The first kappa shape index (κ1) is 16.7. The minimum absolute atomic E-state index is 0.00240. The van der Waals surface area contributed by atoms with Crippen LogP contribution in [-0.2, 0) is 7.05 Å². The Kier molecular flexibility index (Phi) is 4.03. The summed E-state index contributed by atoms with van der Waals surface area (Å²) >= 11 is 0. The molecule has 25 heavy (non-hydrogen) atoms. The number of nitrogens with zero attached hydrogens (tertiary/aromatic N) is 3. The predicted octanol–water partition coefficient (Wildman–Crippen LogP) is 2.66. The molecule has 0 fully saturated rings. The topological polar surface area (TPSA) is 112 Å². The zero-order valence-electron chi connectivity index (χ0n) is 14.2. The molecule has 3 rings (SSSR count). The van der Waals surface area contributed by atoms with Crippen LogP contribution in [0.1, 0.15) is 35.7 Å². The van der Waals surface area contributed by atoms with Crippen molar-refractivity contribution in [3.63, 3.8) is 0 Å². The average molecular weight is 342 g/mol. The summed E-state index contributed by atoms with van der Waals surface area (Å²) in [6.45, 7) is 3.52. The molecule has 3 aromatic rings. The number of carbonyl (C=O) groups excluding carboxylic acids is 1. The standard InChI is InChI=1S/C17H19FN6O/c1-8(2)11-12(15(20)25)16(23-14(19)13(11)18)22-10-4-6-21-17-9(10)5-7-24(17)3/h4-8H,1-3H3,(H2,20,25)(H3,19,21,22,23). The Bertz CT molecular complexity index is 979. The van der Waals surface area contributed by atoms with E-state index in [1.54, 1.807) is 26.1 Å². The van der Waals surface area contributed by atoms with E-state index >= 15 is 0 Å². The van der Waals surface area contributed by atoms with Crippen LogP contribution in [-0.4, -0.2) is 20.4 Å². The molecule has 0 saturated heterocycles. The number of hydrogen-bond donors (Lipinski definition) is 3. The first-order valence-corrected chi connectivity index (χ1v) is 7.77. The lowest BCUT2D eigenvalue weighted by atomic mass is 9.96. The first-order valence-electron chi connectivity index (χ1n) is 7.77. The second-order valence-corrected chi connectivity index (χ2v) is 6.11. The van der Waals surface area contributed by atoms with Crippen molar-refractivity contribution in [2.45, 2.75) is 19.8 Å². The number of halogens is 1. The highest BCUT2D eigenvalue weighted by Gasteiger charge is 2.25. The Morgan fingerprint density at radius 3 is 2.72 bits per heavy atom. The second-order valence-electron chi connectivity index (χ2n) is 6.11. The van der Waals surface area contributed by atoms with E-state index in [0.717, 1.165) is 11.0 Å². The molecular formula is C17H19FN6O. The molecular weight excluding hydrogens is 323 g/mol. The fourth-order valence-electron chi connectivity index (χ4n) is 2.88. The van der Waals surface area contributed by atoms with Gasteiger partial charge < -0.3 is 21.4 Å². The maximum atomic E-state index is 14.4. The number of aromatic nitrogens is 3. The average Bonchev–Trinajstić information content (AvgIpc) is 2.92. The number of fused-ring (bicyclic) bond motifs is 1. The van der Waals surface area contributed by atoms with Gasteiger partial charge in [0, 0.05) is 30.4 Å². The van der Waals surface area contributed by atoms with Gasteiger partial charge in [-0.15, -0.1) is 0 Å². The highest BCUT2D eigenvalue weighted by molar-refractivity contribution is 6.02. The van der Waals surface area contributed by atoms with E-state index in [0.29, 0.717) is 5.69 Å². The Morgan fingerprint density at radius 1 is 1.36 bits per heavy atom. The third-order valence-electron chi connectivity index (χ3n) is 4.04. The lowest BCUT2D eigenvalue weighted by Crippen LogP contribution is -2.20. The molecule has 1 amide bonds. The smallest absolute Gasteiger partial charge is 0.252 e. The van der Waals surface area contributed by atoms with Crippen molar-refractivity contribution in [3.05, 3.63) is 41.5 Å². The van der Waals surface area contributed by atoms with E-state index in [9.17, 15) is 9.18 Å². The van der Waals surface area contributed by atoms with Gasteiger partial charge in [0.15, 0.2) is 11.6 Å². The molecule has 3 aromatic heterocycles. The summed E-state index contributed by atoms with van der Waals surface area (Å²) in [5.41, 5.74) is 12.8. The van der Waals surface area contributed by atoms with Gasteiger partial charge in [-0.3, -0.25) is 4.79 Å². The molecule has 0 bridgehead atoms. The van der Waals surface area contributed by atoms with Gasteiger partial charge in [0.25, 0.3) is 5.91 Å². The van der Waals surface area contributed by atoms with Crippen molar-refractivity contribution in [2.75, 3.05) is 11.1 Å². The summed E-state index contributed by atoms with van der Waals surface area (Å²) in [6.07, 6.45) is 3.49. The van der Waals surface area contributed by atoms with Crippen molar-refractivity contribution in [1.82, 2.24) is 14.5 Å². The molecule has 0 aliphatic rings. The largest absolute Gasteiger partial charge is 0.381 e. The summed E-state index contributed by atoms with van der Waals surface area (Å²) in [7, 11) is 1.87. The Hall–Kier alpha value is -3.16. The van der Waals surface area contributed by atoms with Gasteiger partial charge in [0.1, 0.15) is 11.5 Å². The molecule has 0 aliphatic heterocycles. The number of aryl methyl sites for hydroxylation is 1. The van der Waals surface area contributed by atoms with Crippen LogP contribution in [0, 0.1) is 5.82 Å². The lowest BCUT2D eigenvalue weighted by molar-refractivity contribution is 0.0999. The molecule has 0 aliphatic carbocycles. The van der Waals surface area contributed by atoms with Gasteiger partial charge >= 0.3 is 0 Å². The number of hydrogen-bond acceptors (Lipinski definition) is 5. The minimum Gasteiger partial charge on any atom is -0.381 e. The van der Waals surface area contributed by atoms with E-state index in [4.69, 9.17) is 11.5 Å². The van der Waals surface area contributed by atoms with Crippen molar-refractivity contribution < 1.29 is 9.18 Å². The molecule has 0 aromatic carbocycles. The number of primary amides is 1. The number of nitrogens with two attached hydrogens (primary N) is 2. The van der Waals surface area contributed by atoms with Gasteiger partial charge in [-0.2, -0.15) is 0 Å². The van der Waals surface area contributed by atoms with E-state index in [-0.39, 0.29) is 28.7 Å². The summed E-state index contributed by atoms with van der Waals surface area (Å²) in [5.74, 6) is -1.92. The maximum Gasteiger partial charge on any atom is 0.252 e. The van der Waals surface area contributed by atoms with Crippen LogP contribution in [0.25, 0.3) is 11.0 Å². The van der Waals surface area contributed by atoms with Crippen LogP contribution in [0.2, 0.25) is 0 Å². The number of amides is 1. The van der Waals surface area contributed by atoms with Crippen molar-refractivity contribution in [2.24, 2.45) is 12.8 Å². The van der Waals surface area contributed by atoms with E-state index in [1.165, 1.54) is 0 Å². The number of anilines is 3. The van der Waals surface area contributed by atoms with Gasteiger partial charge in [-0.25, -0.2) is 14.4 Å². The molecule has 3 heterocycles. The van der Waals surface area contributed by atoms with Gasteiger partial charge in [0.2, 0.25) is 0 Å². The Labute approximate surface area is 143 Å². The van der Waals surface area contributed by atoms with Gasteiger partial charge in [0.05, 0.1) is 11.3 Å². The zero-order chi connectivity index (χ0) is 18.3. The number of pyridine rings is 2. The third-order valence-corrected chi connectivity index (χ3v) is 4.04. The van der Waals surface area contributed by atoms with Crippen LogP contribution >= 0.6 is 0 Å². The van der Waals surface area contributed by atoms with E-state index < -0.39 is 11.7 Å². The monoisotopic (exact) mass is 342 g/mol. The third kappa shape index (κ3) is 2.75. The molecule has 0 saturated carbocycles. The van der Waals surface area contributed by atoms with Crippen molar-refractivity contribution >= 4 is 34.3 Å². The maximum absolute atomic E-state index is 14.4. The number of rotatable bonds is 4. The van der Waals surface area contributed by atoms with E-state index in [2.05, 4.69) is 15.3 Å². The number of nitrogens with one attached hydrogen (secondary N) is 1. The summed E-state index contributed by atoms with van der Waals surface area (Å²) in [4.78, 5) is 20.3. The highest BCUT2D eigenvalue weighted by atomic mass is 19.1. The second kappa shape index (κ2) is 6.04. The Balaban J connectivity index is 2.21. The SMILES string of the molecule is CC(C)c1c(F)c(N)nc(Nc2ccnc3c2ccn3C)c1C(N)=O. The van der Waals surface area contributed by atoms with E-state index in [1.807, 2.05) is 23.9 Å². The molecule has 0 unspecified atom stereocenters. The van der Waals surface area contributed by atoms with Crippen molar-refractivity contribution in [1.29, 1.82) is 0 Å². The predicted molar refractivity (Wildman–Crippen MR) is 95.2 cm³/mol. The first-order chi connectivity index (χ1) is 11.8. The fraction of sp³-hybridized carbons (Fsp3) is 0.235. The molecule has 7 nitrogen and oxygen atoms in total. The summed E-state index contributed by atoms with van der Waals surface area (Å²) in [6, 6.07) is 3.62. The number of carbonyl (C=O) groups is 1. The molecule has 130 valence electrons. The van der Waals surface area contributed by atoms with Crippen molar-refractivity contribution in [3.8, 4) is 0 Å². The summed E-state index contributed by atoms with van der Waals surface area (Å²) in [5, 5.41) is 3.89. The van der Waals surface area contributed by atoms with Crippen LogP contribution in [0.4, 0.5) is 21.7 Å². The van der Waals surface area contributed by atoms with Crippen LogP contribution in [0.15, 0.2) is 24.5 Å². The normalized spacial score (nSPS) is 11.2. The summed E-state index contributed by atoms with van der Waals surface area (Å²) < 4.78 is 16.3.